The van der Waals surface area contributed by atoms with Crippen LogP contribution in [0.2, 0.25) is 0 Å². The summed E-state index contributed by atoms with van der Waals surface area (Å²) in [6.45, 7) is 7.02. The van der Waals surface area contributed by atoms with Crippen molar-refractivity contribution in [2.45, 2.75) is 84.1 Å². The minimum absolute atomic E-state index is 0.00292. The summed E-state index contributed by atoms with van der Waals surface area (Å²) in [6, 6.07) is 17.1. The van der Waals surface area contributed by atoms with Gasteiger partial charge in [-0.05, 0) is 66.5 Å². The van der Waals surface area contributed by atoms with Gasteiger partial charge in [0.15, 0.2) is 5.82 Å². The van der Waals surface area contributed by atoms with Crippen molar-refractivity contribution < 1.29 is 27.9 Å². The van der Waals surface area contributed by atoms with Crippen molar-refractivity contribution in [2.24, 2.45) is 5.92 Å². The zero-order valence-corrected chi connectivity index (χ0v) is 30.6. The molecule has 0 aromatic heterocycles. The highest BCUT2D eigenvalue weighted by atomic mass is 19.1. The van der Waals surface area contributed by atoms with E-state index in [1.807, 2.05) is 37.4 Å². The summed E-state index contributed by atoms with van der Waals surface area (Å²) in [5.74, 6) is 1.04. The first-order chi connectivity index (χ1) is 25.2. The Morgan fingerprint density at radius 2 is 1.85 bits per heavy atom. The lowest BCUT2D eigenvalue weighted by Crippen LogP contribution is -2.46. The van der Waals surface area contributed by atoms with E-state index in [4.69, 9.17) is 9.57 Å². The molecule has 0 spiro atoms. The number of unbranched alkanes of at least 4 members (excludes halogenated alkanes) is 1. The van der Waals surface area contributed by atoms with E-state index >= 15 is 8.78 Å². The molecule has 52 heavy (non-hydrogen) atoms. The quantitative estimate of drug-likeness (QED) is 0.167. The van der Waals surface area contributed by atoms with Gasteiger partial charge in [0.05, 0.1) is 30.5 Å². The second-order valence-corrected chi connectivity index (χ2v) is 14.1. The Bertz CT molecular complexity index is 1710. The van der Waals surface area contributed by atoms with Gasteiger partial charge in [0, 0.05) is 76.4 Å². The predicted octanol–water partition coefficient (Wildman–Crippen LogP) is 7.01. The lowest BCUT2D eigenvalue weighted by molar-refractivity contribution is -0.168. The van der Waals surface area contributed by atoms with Crippen molar-refractivity contribution in [1.82, 2.24) is 15.3 Å². The molecular formula is C41H51F2N5O4. The number of halogens is 2. The van der Waals surface area contributed by atoms with E-state index in [1.54, 1.807) is 30.3 Å². The van der Waals surface area contributed by atoms with Crippen LogP contribution >= 0.6 is 0 Å². The Morgan fingerprint density at radius 3 is 2.54 bits per heavy atom. The first-order valence-electron chi connectivity index (χ1n) is 18.4. The van der Waals surface area contributed by atoms with Crippen LogP contribution in [0.5, 0.6) is 5.75 Å². The van der Waals surface area contributed by atoms with Gasteiger partial charge in [-0.15, -0.1) is 0 Å². The Morgan fingerprint density at radius 1 is 1.08 bits per heavy atom. The molecule has 1 aliphatic carbocycles. The molecule has 1 amide bonds. The molecular weight excluding hydrogens is 664 g/mol. The number of hydrogen-bond donors (Lipinski definition) is 1. The van der Waals surface area contributed by atoms with E-state index in [1.165, 1.54) is 0 Å². The molecule has 3 aromatic rings. The monoisotopic (exact) mass is 715 g/mol. The minimum atomic E-state index is -0.273. The molecule has 0 bridgehead atoms. The van der Waals surface area contributed by atoms with Gasteiger partial charge >= 0.3 is 0 Å². The molecule has 1 N–H and O–H groups in total. The van der Waals surface area contributed by atoms with Crippen LogP contribution in [0, 0.1) is 28.9 Å². The number of carbonyl (C=O) groups is 2. The maximum Gasteiger partial charge on any atom is 0.219 e. The molecule has 278 valence electrons. The molecule has 3 aromatic carbocycles. The first-order valence-corrected chi connectivity index (χ1v) is 18.4. The summed E-state index contributed by atoms with van der Waals surface area (Å²) in [7, 11) is 3.47. The van der Waals surface area contributed by atoms with Gasteiger partial charge in [0.25, 0.3) is 0 Å². The molecule has 0 radical (unpaired) electrons. The van der Waals surface area contributed by atoms with Crippen molar-refractivity contribution in [1.29, 1.82) is 5.26 Å². The van der Waals surface area contributed by atoms with E-state index in [2.05, 4.69) is 28.1 Å². The van der Waals surface area contributed by atoms with Crippen molar-refractivity contribution in [2.75, 3.05) is 45.2 Å². The number of piperazine rings is 1. The molecule has 2 fully saturated rings. The van der Waals surface area contributed by atoms with E-state index in [0.29, 0.717) is 80.3 Å². The number of aldehydes is 1. The number of amides is 1. The number of hydroxylamine groups is 2. The number of fused-ring (bicyclic) bond motifs is 1. The molecule has 6 rings (SSSR count). The highest BCUT2D eigenvalue weighted by Crippen LogP contribution is 2.40. The second-order valence-electron chi connectivity index (χ2n) is 14.1. The Labute approximate surface area is 306 Å². The van der Waals surface area contributed by atoms with Crippen LogP contribution in [0.4, 0.5) is 14.5 Å². The first kappa shape index (κ1) is 38.9. The number of rotatable bonds is 11. The molecule has 1 saturated heterocycles. The van der Waals surface area contributed by atoms with E-state index in [0.717, 1.165) is 67.5 Å². The molecule has 2 heterocycles. The smallest absolute Gasteiger partial charge is 0.219 e. The summed E-state index contributed by atoms with van der Waals surface area (Å²) in [5.41, 5.74) is 5.28. The topological polar surface area (TPSA) is 98.1 Å². The summed E-state index contributed by atoms with van der Waals surface area (Å²) < 4.78 is 37.1. The van der Waals surface area contributed by atoms with Crippen molar-refractivity contribution >= 4 is 17.9 Å². The van der Waals surface area contributed by atoms with Gasteiger partial charge in [-0.25, -0.2) is 8.78 Å². The van der Waals surface area contributed by atoms with Gasteiger partial charge in [-0.1, -0.05) is 44.0 Å². The number of ether oxygens (including phenoxy) is 1. The average molecular weight is 716 g/mol. The molecule has 0 unspecified atom stereocenters. The number of nitrogens with one attached hydrogen (secondary N) is 1. The number of hydrogen-bond acceptors (Lipinski definition) is 8. The number of benzene rings is 3. The van der Waals surface area contributed by atoms with Gasteiger partial charge < -0.3 is 19.7 Å². The van der Waals surface area contributed by atoms with Crippen LogP contribution in [-0.4, -0.2) is 62.4 Å². The van der Waals surface area contributed by atoms with E-state index < -0.39 is 0 Å². The highest BCUT2D eigenvalue weighted by molar-refractivity contribution is 5.75. The SMILES string of the molecule is CC1CCC(c2c(C#N)ccc(N3CCN(Cc4ccc(COc5cccc6c5CN(C)OC6)c(F)c4)CC3)c2F)CC1.CNC(=O)CCCC=O. The fraction of sp³-hybridized carbons (Fsp3) is 0.488. The van der Waals surface area contributed by atoms with Gasteiger partial charge in [0.1, 0.15) is 24.5 Å². The van der Waals surface area contributed by atoms with Crippen LogP contribution in [0.25, 0.3) is 0 Å². The Hall–Kier alpha value is -4.37. The van der Waals surface area contributed by atoms with Crippen LogP contribution in [0.1, 0.15) is 91.2 Å². The number of nitrogens with zero attached hydrogens (tertiary/aromatic N) is 4. The fourth-order valence-electron chi connectivity index (χ4n) is 7.22. The molecule has 3 aliphatic rings. The molecule has 0 atom stereocenters. The summed E-state index contributed by atoms with van der Waals surface area (Å²) in [4.78, 5) is 30.1. The van der Waals surface area contributed by atoms with Gasteiger partial charge in [-0.3, -0.25) is 14.5 Å². The third-order valence-electron chi connectivity index (χ3n) is 10.4. The number of anilines is 1. The van der Waals surface area contributed by atoms with Crippen molar-refractivity contribution in [3.05, 3.63) is 93.5 Å². The summed E-state index contributed by atoms with van der Waals surface area (Å²) in [6.07, 6.45) is 6.44. The summed E-state index contributed by atoms with van der Waals surface area (Å²) in [5, 5.41) is 13.9. The lowest BCUT2D eigenvalue weighted by Gasteiger charge is -2.37. The Balaban J connectivity index is 0.000000515. The maximum atomic E-state index is 15.9. The third-order valence-corrected chi connectivity index (χ3v) is 10.4. The average Bonchev–Trinajstić information content (AvgIpc) is 3.15. The normalized spacial score (nSPS) is 19.1. The highest BCUT2D eigenvalue weighted by Gasteiger charge is 2.29. The zero-order valence-electron chi connectivity index (χ0n) is 30.6. The largest absolute Gasteiger partial charge is 0.488 e. The fourth-order valence-corrected chi connectivity index (χ4v) is 7.22. The van der Waals surface area contributed by atoms with Gasteiger partial charge in [0.2, 0.25) is 5.91 Å². The van der Waals surface area contributed by atoms with Crippen LogP contribution in [0.15, 0.2) is 48.5 Å². The Kier molecular flexibility index (Phi) is 14.1. The number of carbonyl (C=O) groups excluding carboxylic acids is 2. The van der Waals surface area contributed by atoms with Gasteiger partial charge in [-0.2, -0.15) is 10.3 Å². The van der Waals surface area contributed by atoms with E-state index in [9.17, 15) is 14.9 Å². The zero-order chi connectivity index (χ0) is 37.0. The molecule has 2 aliphatic heterocycles. The molecule has 1 saturated carbocycles. The second kappa shape index (κ2) is 18.9. The van der Waals surface area contributed by atoms with E-state index in [-0.39, 0.29) is 30.1 Å². The van der Waals surface area contributed by atoms with Crippen molar-refractivity contribution in [3.8, 4) is 11.8 Å². The lowest BCUT2D eigenvalue weighted by atomic mass is 9.78. The van der Waals surface area contributed by atoms with Crippen molar-refractivity contribution in [3.63, 3.8) is 0 Å². The predicted molar refractivity (Wildman–Crippen MR) is 196 cm³/mol. The van der Waals surface area contributed by atoms with Crippen LogP contribution in [0.3, 0.4) is 0 Å². The number of nitriles is 1. The summed E-state index contributed by atoms with van der Waals surface area (Å²) >= 11 is 0. The molecule has 9 nitrogen and oxygen atoms in total. The maximum absolute atomic E-state index is 15.9. The van der Waals surface area contributed by atoms with Crippen LogP contribution in [-0.2, 0) is 40.7 Å². The third kappa shape index (κ3) is 10.1. The standard InChI is InChI=1S/C35H40F2N4O2.C6H11NO2/c1-24-6-9-26(10-7-24)34-27(19-38)12-13-32(35(34)37)41-16-14-40(15-17-41)20-25-8-11-29(31(36)18-25)22-42-33-5-3-4-28-23-43-39(2)21-30(28)33;1-7-6(9)4-2-3-5-8/h3-5,8,11-13,18,24,26H,6-7,9-10,14-17,20-23H2,1-2H3;5H,2-4H2,1H3,(H,7,9). The minimum Gasteiger partial charge on any atom is -0.488 e. The molecule has 11 heteroatoms. The van der Waals surface area contributed by atoms with Crippen LogP contribution < -0.4 is 15.0 Å².